The van der Waals surface area contributed by atoms with Gasteiger partial charge in [0, 0.05) is 12.0 Å². The van der Waals surface area contributed by atoms with Crippen molar-refractivity contribution in [3.63, 3.8) is 0 Å². The summed E-state index contributed by atoms with van der Waals surface area (Å²) in [7, 11) is 0. The van der Waals surface area contributed by atoms with Crippen LogP contribution in [-0.4, -0.2) is 23.2 Å². The Bertz CT molecular complexity index is 154. The number of aliphatic hydroxyl groups is 1. The first kappa shape index (κ1) is 10.5. The van der Waals surface area contributed by atoms with Gasteiger partial charge in [0.25, 0.3) is 0 Å². The summed E-state index contributed by atoms with van der Waals surface area (Å²) in [5.74, 6) is -0.555. The number of carbonyl (C=O) groups excluding carboxylic acids is 1. The van der Waals surface area contributed by atoms with Crippen molar-refractivity contribution in [2.24, 2.45) is 0 Å². The largest absolute Gasteiger partial charge is 0.446 e. The topological polar surface area (TPSA) is 46.5 Å². The average Bonchev–Trinajstić information content (AvgIpc) is 1.86. The van der Waals surface area contributed by atoms with Crippen molar-refractivity contribution in [2.75, 3.05) is 6.07 Å². The highest BCUT2D eigenvalue weighted by molar-refractivity contribution is 6.17. The molecule has 0 amide bonds. The Hall–Kier alpha value is -0.540. The molecule has 0 rings (SSSR count). The lowest BCUT2D eigenvalue weighted by atomic mass is 10.1. The van der Waals surface area contributed by atoms with Gasteiger partial charge in [-0.3, -0.25) is 0 Å². The quantitative estimate of drug-likeness (QED) is 0.398. The van der Waals surface area contributed by atoms with Gasteiger partial charge in [-0.2, -0.15) is 0 Å². The Kier molecular flexibility index (Phi) is 4.90. The summed E-state index contributed by atoms with van der Waals surface area (Å²) in [6.45, 7) is 4.99. The fourth-order valence-corrected chi connectivity index (χ4v) is 0.691. The van der Waals surface area contributed by atoms with Gasteiger partial charge in [0.15, 0.2) is 6.07 Å². The number of carbonyl (C=O) groups is 1. The number of rotatable bonds is 4. The van der Waals surface area contributed by atoms with Gasteiger partial charge >= 0.3 is 5.97 Å². The molecule has 1 atom stereocenters. The molecule has 0 aliphatic heterocycles. The van der Waals surface area contributed by atoms with E-state index < -0.39 is 12.1 Å². The monoisotopic (exact) mass is 178 g/mol. The lowest BCUT2D eigenvalue weighted by molar-refractivity contribution is -0.137. The first-order chi connectivity index (χ1) is 5.07. The van der Waals surface area contributed by atoms with Gasteiger partial charge in [-0.1, -0.05) is 18.2 Å². The second-order valence-electron chi connectivity index (χ2n) is 2.20. The summed E-state index contributed by atoms with van der Waals surface area (Å²) in [6.07, 6.45) is -0.360. The molecule has 0 radical (unpaired) electrons. The van der Waals surface area contributed by atoms with Crippen LogP contribution in [0.5, 0.6) is 0 Å². The summed E-state index contributed by atoms with van der Waals surface area (Å²) >= 11 is 5.13. The molecular formula is C7H11ClO3. The Morgan fingerprint density at radius 2 is 2.36 bits per heavy atom. The SMILES string of the molecule is C=C(CC(C)O)C(=O)OCCl. The number of aliphatic hydroxyl groups excluding tert-OH is 1. The number of hydrogen-bond acceptors (Lipinski definition) is 3. The summed E-state index contributed by atoms with van der Waals surface area (Å²) < 4.78 is 4.42. The molecule has 1 N–H and O–H groups in total. The van der Waals surface area contributed by atoms with Crippen LogP contribution in [0.3, 0.4) is 0 Å². The minimum absolute atomic E-state index is 0.183. The van der Waals surface area contributed by atoms with E-state index in [1.54, 1.807) is 6.92 Å². The predicted molar refractivity (Wildman–Crippen MR) is 42.2 cm³/mol. The highest BCUT2D eigenvalue weighted by atomic mass is 35.5. The molecule has 0 aromatic rings. The van der Waals surface area contributed by atoms with Gasteiger partial charge in [0.05, 0.1) is 6.10 Å². The standard InChI is InChI=1S/C7H11ClO3/c1-5(3-6(2)9)7(10)11-4-8/h6,9H,1,3-4H2,2H3. The number of halogens is 1. The normalized spacial score (nSPS) is 12.3. The molecule has 0 aromatic heterocycles. The first-order valence-corrected chi connectivity index (χ1v) is 3.70. The second-order valence-corrected chi connectivity index (χ2v) is 2.42. The van der Waals surface area contributed by atoms with Gasteiger partial charge in [0.1, 0.15) is 0 Å². The van der Waals surface area contributed by atoms with Crippen LogP contribution in [0, 0.1) is 0 Å². The van der Waals surface area contributed by atoms with Crippen LogP contribution in [0.15, 0.2) is 12.2 Å². The highest BCUT2D eigenvalue weighted by Gasteiger charge is 2.09. The lowest BCUT2D eigenvalue weighted by Gasteiger charge is -2.05. The molecule has 1 unspecified atom stereocenters. The maximum absolute atomic E-state index is 10.8. The Morgan fingerprint density at radius 1 is 1.82 bits per heavy atom. The molecule has 64 valence electrons. The molecule has 4 heteroatoms. The Labute approximate surface area is 70.6 Å². The molecule has 0 heterocycles. The van der Waals surface area contributed by atoms with Crippen LogP contribution in [0.2, 0.25) is 0 Å². The molecule has 0 spiro atoms. The molecular weight excluding hydrogens is 168 g/mol. The van der Waals surface area contributed by atoms with Crippen molar-refractivity contribution < 1.29 is 14.6 Å². The minimum Gasteiger partial charge on any atom is -0.446 e. The number of alkyl halides is 1. The van der Waals surface area contributed by atoms with E-state index in [4.69, 9.17) is 16.7 Å². The van der Waals surface area contributed by atoms with E-state index >= 15 is 0 Å². The number of ether oxygens (including phenoxy) is 1. The molecule has 0 saturated heterocycles. The van der Waals surface area contributed by atoms with E-state index in [0.717, 1.165) is 0 Å². The maximum atomic E-state index is 10.8. The molecule has 3 nitrogen and oxygen atoms in total. The number of esters is 1. The molecule has 0 bridgehead atoms. The fourth-order valence-electron chi connectivity index (χ4n) is 0.592. The van der Waals surface area contributed by atoms with E-state index in [1.165, 1.54) is 0 Å². The zero-order chi connectivity index (χ0) is 8.85. The van der Waals surface area contributed by atoms with Crippen LogP contribution < -0.4 is 0 Å². The smallest absolute Gasteiger partial charge is 0.334 e. The first-order valence-electron chi connectivity index (χ1n) is 3.17. The van der Waals surface area contributed by atoms with E-state index in [1.807, 2.05) is 0 Å². The third kappa shape index (κ3) is 4.81. The summed E-state index contributed by atoms with van der Waals surface area (Å²) in [4.78, 5) is 10.8. The van der Waals surface area contributed by atoms with Crippen LogP contribution >= 0.6 is 11.6 Å². The minimum atomic E-state index is -0.578. The van der Waals surface area contributed by atoms with Crippen molar-refractivity contribution in [2.45, 2.75) is 19.4 Å². The summed E-state index contributed by atoms with van der Waals surface area (Å²) in [5, 5.41) is 8.84. The molecule has 0 saturated carbocycles. The van der Waals surface area contributed by atoms with Gasteiger partial charge < -0.3 is 9.84 Å². The van der Waals surface area contributed by atoms with Crippen molar-refractivity contribution in [1.82, 2.24) is 0 Å². The van der Waals surface area contributed by atoms with E-state index in [0.29, 0.717) is 0 Å². The lowest BCUT2D eigenvalue weighted by Crippen LogP contribution is -2.11. The number of hydrogen-bond donors (Lipinski definition) is 1. The highest BCUT2D eigenvalue weighted by Crippen LogP contribution is 2.04. The van der Waals surface area contributed by atoms with Crippen LogP contribution in [0.4, 0.5) is 0 Å². The van der Waals surface area contributed by atoms with Crippen molar-refractivity contribution >= 4 is 17.6 Å². The van der Waals surface area contributed by atoms with Crippen molar-refractivity contribution in [3.05, 3.63) is 12.2 Å². The van der Waals surface area contributed by atoms with Gasteiger partial charge in [0.2, 0.25) is 0 Å². The van der Waals surface area contributed by atoms with Crippen LogP contribution in [-0.2, 0) is 9.53 Å². The molecule has 0 aliphatic rings. The second kappa shape index (κ2) is 5.16. The van der Waals surface area contributed by atoms with Crippen LogP contribution in [0.25, 0.3) is 0 Å². The third-order valence-corrected chi connectivity index (χ3v) is 1.13. The average molecular weight is 179 g/mol. The third-order valence-electron chi connectivity index (χ3n) is 1.02. The molecule has 0 fully saturated rings. The van der Waals surface area contributed by atoms with E-state index in [9.17, 15) is 4.79 Å². The molecule has 0 aliphatic carbocycles. The maximum Gasteiger partial charge on any atom is 0.334 e. The Morgan fingerprint density at radius 3 is 2.73 bits per heavy atom. The van der Waals surface area contributed by atoms with E-state index in [-0.39, 0.29) is 18.1 Å². The zero-order valence-electron chi connectivity index (χ0n) is 6.34. The van der Waals surface area contributed by atoms with Crippen molar-refractivity contribution in [3.8, 4) is 0 Å². The van der Waals surface area contributed by atoms with E-state index in [2.05, 4.69) is 11.3 Å². The van der Waals surface area contributed by atoms with Crippen molar-refractivity contribution in [1.29, 1.82) is 0 Å². The molecule has 0 aromatic carbocycles. The Balaban J connectivity index is 3.74. The van der Waals surface area contributed by atoms with Gasteiger partial charge in [-0.25, -0.2) is 4.79 Å². The van der Waals surface area contributed by atoms with Gasteiger partial charge in [-0.05, 0) is 6.92 Å². The predicted octanol–water partition coefficient (Wildman–Crippen LogP) is 1.05. The fraction of sp³-hybridized carbons (Fsp3) is 0.571. The summed E-state index contributed by atoms with van der Waals surface area (Å²) in [5.41, 5.74) is 0.237. The zero-order valence-corrected chi connectivity index (χ0v) is 7.10. The molecule has 11 heavy (non-hydrogen) atoms. The van der Waals surface area contributed by atoms with Crippen LogP contribution in [0.1, 0.15) is 13.3 Å². The van der Waals surface area contributed by atoms with Gasteiger partial charge in [-0.15, -0.1) is 0 Å². The summed E-state index contributed by atoms with van der Waals surface area (Å²) in [6, 6.07) is -0.183.